The van der Waals surface area contributed by atoms with Gasteiger partial charge in [0, 0.05) is 32.6 Å². The number of hydrogen-bond acceptors (Lipinski definition) is 5. The molecular weight excluding hydrogens is 318 g/mol. The molecule has 1 aliphatic heterocycles. The van der Waals surface area contributed by atoms with Crippen molar-refractivity contribution in [1.29, 1.82) is 0 Å². The Kier molecular flexibility index (Phi) is 5.65. The first-order valence-electron chi connectivity index (χ1n) is 8.70. The Morgan fingerprint density at radius 2 is 2.16 bits per heavy atom. The Bertz CT molecular complexity index is 688. The number of piperidine rings is 1. The van der Waals surface area contributed by atoms with Crippen LogP contribution < -0.4 is 10.6 Å². The maximum Gasteiger partial charge on any atom is 0.315 e. The minimum Gasteiger partial charge on any atom is -0.340 e. The predicted molar refractivity (Wildman–Crippen MR) is 93.7 cm³/mol. The topological polar surface area (TPSA) is 83.3 Å². The third kappa shape index (κ3) is 5.03. The van der Waals surface area contributed by atoms with Crippen molar-refractivity contribution in [2.75, 3.05) is 13.1 Å². The number of nitrogens with one attached hydrogen (secondary N) is 2. The highest BCUT2D eigenvalue weighted by molar-refractivity contribution is 5.74. The van der Waals surface area contributed by atoms with Gasteiger partial charge in [-0.25, -0.2) is 4.79 Å². The minimum absolute atomic E-state index is 0.180. The van der Waals surface area contributed by atoms with Gasteiger partial charge in [0.15, 0.2) is 5.82 Å². The van der Waals surface area contributed by atoms with Gasteiger partial charge in [0.1, 0.15) is 0 Å². The molecule has 7 heteroatoms. The number of rotatable bonds is 5. The van der Waals surface area contributed by atoms with Crippen LogP contribution >= 0.6 is 0 Å². The molecule has 2 atom stereocenters. The molecule has 3 rings (SSSR count). The van der Waals surface area contributed by atoms with Crippen LogP contribution in [0.5, 0.6) is 0 Å². The van der Waals surface area contributed by atoms with Crippen molar-refractivity contribution in [3.05, 3.63) is 47.6 Å². The lowest BCUT2D eigenvalue weighted by atomic mass is 9.93. The highest BCUT2D eigenvalue weighted by Gasteiger charge is 2.27. The molecule has 0 spiro atoms. The first-order valence-corrected chi connectivity index (χ1v) is 8.70. The molecule has 0 saturated carbocycles. The Morgan fingerprint density at radius 3 is 2.84 bits per heavy atom. The van der Waals surface area contributed by atoms with E-state index in [4.69, 9.17) is 4.52 Å². The van der Waals surface area contributed by atoms with Crippen LogP contribution in [-0.2, 0) is 13.1 Å². The van der Waals surface area contributed by atoms with E-state index in [1.807, 2.05) is 6.07 Å². The normalized spacial score (nSPS) is 21.0. The fourth-order valence-electron chi connectivity index (χ4n) is 3.22. The van der Waals surface area contributed by atoms with Gasteiger partial charge in [0.2, 0.25) is 5.89 Å². The molecule has 1 aromatic carbocycles. The number of benzene rings is 1. The quantitative estimate of drug-likeness (QED) is 0.868. The summed E-state index contributed by atoms with van der Waals surface area (Å²) in [6.45, 7) is 7.09. The second-order valence-corrected chi connectivity index (χ2v) is 6.65. The monoisotopic (exact) mass is 343 g/mol. The molecule has 2 heterocycles. The Morgan fingerprint density at radius 1 is 1.36 bits per heavy atom. The van der Waals surface area contributed by atoms with E-state index >= 15 is 0 Å². The average molecular weight is 343 g/mol. The molecule has 2 amide bonds. The molecule has 25 heavy (non-hydrogen) atoms. The van der Waals surface area contributed by atoms with Gasteiger partial charge in [0.05, 0.1) is 6.54 Å². The molecule has 2 unspecified atom stereocenters. The van der Waals surface area contributed by atoms with Crippen molar-refractivity contribution in [2.45, 2.75) is 39.4 Å². The maximum atomic E-state index is 12.1. The van der Waals surface area contributed by atoms with Gasteiger partial charge < -0.3 is 15.2 Å². The zero-order valence-electron chi connectivity index (χ0n) is 14.7. The summed E-state index contributed by atoms with van der Waals surface area (Å²) in [4.78, 5) is 18.6. The molecule has 2 N–H and O–H groups in total. The van der Waals surface area contributed by atoms with Crippen LogP contribution in [-0.4, -0.2) is 40.2 Å². The van der Waals surface area contributed by atoms with Crippen LogP contribution in [0.15, 0.2) is 34.9 Å². The second-order valence-electron chi connectivity index (χ2n) is 6.65. The molecular formula is C18H25N5O2. The third-order valence-electron chi connectivity index (χ3n) is 4.53. The third-order valence-corrected chi connectivity index (χ3v) is 4.53. The van der Waals surface area contributed by atoms with Crippen LogP contribution in [0.4, 0.5) is 4.79 Å². The molecule has 0 bridgehead atoms. The van der Waals surface area contributed by atoms with Gasteiger partial charge in [-0.2, -0.15) is 4.98 Å². The van der Waals surface area contributed by atoms with Gasteiger partial charge in [-0.3, -0.25) is 4.90 Å². The van der Waals surface area contributed by atoms with Crippen molar-refractivity contribution < 1.29 is 9.32 Å². The summed E-state index contributed by atoms with van der Waals surface area (Å²) in [7, 11) is 0. The Hall–Kier alpha value is -2.41. The van der Waals surface area contributed by atoms with Gasteiger partial charge in [-0.05, 0) is 17.9 Å². The smallest absolute Gasteiger partial charge is 0.315 e. The van der Waals surface area contributed by atoms with Crippen molar-refractivity contribution in [3.63, 3.8) is 0 Å². The summed E-state index contributed by atoms with van der Waals surface area (Å²) in [6, 6.07) is 10.5. The minimum atomic E-state index is -0.184. The van der Waals surface area contributed by atoms with Gasteiger partial charge in [0.25, 0.3) is 0 Å². The van der Waals surface area contributed by atoms with Crippen molar-refractivity contribution >= 4 is 6.03 Å². The zero-order valence-corrected chi connectivity index (χ0v) is 14.7. The number of carbonyl (C=O) groups excluding carboxylic acids is 1. The Labute approximate surface area is 147 Å². The average Bonchev–Trinajstić information content (AvgIpc) is 3.02. The Balaban J connectivity index is 1.42. The van der Waals surface area contributed by atoms with Crippen molar-refractivity contribution in [3.8, 4) is 0 Å². The highest BCUT2D eigenvalue weighted by atomic mass is 16.5. The summed E-state index contributed by atoms with van der Waals surface area (Å²) in [5.74, 6) is 1.38. The lowest BCUT2D eigenvalue weighted by Crippen LogP contribution is -2.52. The number of nitrogens with zero attached hydrogens (tertiary/aromatic N) is 3. The molecule has 0 aliphatic carbocycles. The first kappa shape index (κ1) is 17.4. The number of hydrogen-bond donors (Lipinski definition) is 2. The number of likely N-dealkylation sites (tertiary alicyclic amines) is 1. The molecule has 1 fully saturated rings. The summed E-state index contributed by atoms with van der Waals surface area (Å²) in [5.41, 5.74) is 1.33. The van der Waals surface area contributed by atoms with Gasteiger partial charge in [-0.15, -0.1) is 0 Å². The number of aromatic nitrogens is 2. The lowest BCUT2D eigenvalue weighted by Gasteiger charge is -2.37. The molecule has 7 nitrogen and oxygen atoms in total. The fourth-order valence-corrected chi connectivity index (χ4v) is 3.22. The predicted octanol–water partition coefficient (Wildman–Crippen LogP) is 2.09. The van der Waals surface area contributed by atoms with E-state index in [2.05, 4.69) is 56.9 Å². The number of carbonyl (C=O) groups is 1. The zero-order chi connectivity index (χ0) is 17.6. The standard InChI is InChI=1S/C18H25N5O2/c1-13-11-23(12-15-6-4-3-5-7-15)9-8-16(13)21-18(24)19-10-17-20-14(2)25-22-17/h3-7,13,16H,8-12H2,1-2H3,(H2,19,21,24). The van der Waals surface area contributed by atoms with Crippen LogP contribution in [0.3, 0.4) is 0 Å². The van der Waals surface area contributed by atoms with Crippen molar-refractivity contribution in [1.82, 2.24) is 25.7 Å². The fraction of sp³-hybridized carbons (Fsp3) is 0.500. The van der Waals surface area contributed by atoms with E-state index < -0.39 is 0 Å². The van der Waals surface area contributed by atoms with Crippen molar-refractivity contribution in [2.24, 2.45) is 5.92 Å². The van der Waals surface area contributed by atoms with E-state index in [0.717, 1.165) is 26.1 Å². The van der Waals surface area contributed by atoms with E-state index in [1.54, 1.807) is 6.92 Å². The number of aryl methyl sites for hydroxylation is 1. The summed E-state index contributed by atoms with van der Waals surface area (Å²) >= 11 is 0. The molecule has 1 saturated heterocycles. The van der Waals surface area contributed by atoms with Gasteiger partial charge in [-0.1, -0.05) is 42.4 Å². The molecule has 2 aromatic rings. The van der Waals surface area contributed by atoms with E-state index in [0.29, 0.717) is 17.6 Å². The SMILES string of the molecule is Cc1nc(CNC(=O)NC2CCN(Cc3ccccc3)CC2C)no1. The molecule has 1 aliphatic rings. The van der Waals surface area contributed by atoms with E-state index in [-0.39, 0.29) is 18.6 Å². The van der Waals surface area contributed by atoms with Gasteiger partial charge >= 0.3 is 6.03 Å². The first-order chi connectivity index (χ1) is 12.1. The number of urea groups is 1. The van der Waals surface area contributed by atoms with Crippen LogP contribution in [0, 0.1) is 12.8 Å². The summed E-state index contributed by atoms with van der Waals surface area (Å²) < 4.78 is 4.89. The van der Waals surface area contributed by atoms with E-state index in [9.17, 15) is 4.79 Å². The summed E-state index contributed by atoms with van der Waals surface area (Å²) in [5, 5.41) is 9.61. The molecule has 1 aromatic heterocycles. The molecule has 134 valence electrons. The van der Waals surface area contributed by atoms with Crippen LogP contribution in [0.2, 0.25) is 0 Å². The highest BCUT2D eigenvalue weighted by Crippen LogP contribution is 2.18. The number of amides is 2. The van der Waals surface area contributed by atoms with E-state index in [1.165, 1.54) is 5.56 Å². The lowest BCUT2D eigenvalue weighted by molar-refractivity contribution is 0.142. The van der Waals surface area contributed by atoms with Crippen LogP contribution in [0.1, 0.15) is 30.6 Å². The second kappa shape index (κ2) is 8.11. The van der Waals surface area contributed by atoms with Crippen LogP contribution in [0.25, 0.3) is 0 Å². The summed E-state index contributed by atoms with van der Waals surface area (Å²) in [6.07, 6.45) is 0.947. The maximum absolute atomic E-state index is 12.1. The molecule has 0 radical (unpaired) electrons. The largest absolute Gasteiger partial charge is 0.340 e.